The third-order valence-electron chi connectivity index (χ3n) is 11.6. The molecule has 4 rings (SSSR count). The molecule has 0 N–H and O–H groups in total. The van der Waals surface area contributed by atoms with Gasteiger partial charge in [0.25, 0.3) is 0 Å². The lowest BCUT2D eigenvalue weighted by molar-refractivity contribution is -0.209. The van der Waals surface area contributed by atoms with Crippen molar-refractivity contribution in [3.63, 3.8) is 0 Å². The topological polar surface area (TPSA) is 64.6 Å². The van der Waals surface area contributed by atoms with E-state index in [-0.39, 0.29) is 37.3 Å². The lowest BCUT2D eigenvalue weighted by Crippen LogP contribution is -2.46. The van der Waals surface area contributed by atoms with Crippen molar-refractivity contribution >= 4 is 23.2 Å². The summed E-state index contributed by atoms with van der Waals surface area (Å²) in [5.74, 6) is 0. The molecule has 1 heterocycles. The van der Waals surface area contributed by atoms with Gasteiger partial charge in [-0.1, -0.05) is 139 Å². The van der Waals surface area contributed by atoms with Gasteiger partial charge >= 0.3 is 0 Å². The Hall–Kier alpha value is -2.19. The Labute approximate surface area is 347 Å². The largest absolute Gasteiger partial charge is 0.370 e. The molecule has 1 saturated heterocycles. The van der Waals surface area contributed by atoms with E-state index in [4.69, 9.17) is 33.2 Å². The van der Waals surface area contributed by atoms with Crippen molar-refractivity contribution in [2.24, 2.45) is 0 Å². The molecule has 318 valence electrons. The maximum absolute atomic E-state index is 6.87. The predicted molar refractivity (Wildman–Crippen MR) is 238 cm³/mol. The minimum absolute atomic E-state index is 0.0178. The zero-order valence-corrected chi connectivity index (χ0v) is 36.8. The predicted octanol–water partition coefficient (Wildman–Crippen LogP) is 10.8. The van der Waals surface area contributed by atoms with Crippen LogP contribution in [0.25, 0.3) is 0 Å². The Morgan fingerprint density at radius 3 is 1.61 bits per heavy atom. The van der Waals surface area contributed by atoms with E-state index in [1.165, 1.54) is 73.7 Å². The molecule has 0 aromatic heterocycles. The molecule has 3 aromatic rings. The molecule has 8 heteroatoms. The van der Waals surface area contributed by atoms with Gasteiger partial charge in [0.15, 0.2) is 0 Å². The maximum atomic E-state index is 6.87. The molecule has 5 atom stereocenters. The molecule has 0 amide bonds. The number of rotatable bonds is 32. The van der Waals surface area contributed by atoms with Gasteiger partial charge in [0.2, 0.25) is 0 Å². The number of hydrogen-bond acceptors (Lipinski definition) is 7. The van der Waals surface area contributed by atoms with Crippen LogP contribution in [0.15, 0.2) is 91.0 Å². The highest BCUT2D eigenvalue weighted by atomic mass is 31.2. The highest BCUT2D eigenvalue weighted by molar-refractivity contribution is 7.95. The summed E-state index contributed by atoms with van der Waals surface area (Å²) in [5.41, 5.74) is 0. The molecule has 7 nitrogen and oxygen atoms in total. The fourth-order valence-electron chi connectivity index (χ4n) is 8.55. The van der Waals surface area contributed by atoms with E-state index >= 15 is 0 Å². The molecule has 0 unspecified atom stereocenters. The molecule has 1 aliphatic rings. The van der Waals surface area contributed by atoms with Gasteiger partial charge in [-0.05, 0) is 68.5 Å². The Balaban J connectivity index is 1.36. The van der Waals surface area contributed by atoms with Crippen molar-refractivity contribution in [1.82, 2.24) is 0 Å². The second-order valence-electron chi connectivity index (χ2n) is 15.8. The number of hydrogen-bond donors (Lipinski definition) is 0. The Bertz CT molecular complexity index is 1280. The molecule has 3 aromatic carbocycles. The molecule has 0 spiro atoms. The second-order valence-corrected chi connectivity index (χ2v) is 19.4. The van der Waals surface area contributed by atoms with E-state index in [1.807, 2.05) is 0 Å². The third-order valence-corrected chi connectivity index (χ3v) is 16.1. The molecule has 0 radical (unpaired) electrons. The number of methoxy groups -OCH3 is 3. The van der Waals surface area contributed by atoms with Gasteiger partial charge in [-0.15, -0.1) is 0 Å². The molecule has 1 aliphatic heterocycles. The molecular weight excluding hydrogens is 732 g/mol. The Morgan fingerprint density at radius 2 is 1.07 bits per heavy atom. The standard InChI is InChI=1S/C49H76O7P/c1-5-6-7-8-9-10-11-12-13-23-34-48-47(55-41-52-4)35-36-49(56-48)46(54-40-51-3)33-25-24-26-42(53-39-50-2)37-38-57(43-27-17-14-18-28-43,44-29-19-15-20-30-44)45-31-21-16-22-32-45/h14-22,27-32,42,46-49H,5-13,23-26,33-41H2,1-4H3/q+1/t42-,46+,47+,48+,49+/m0/s1. The monoisotopic (exact) mass is 808 g/mol. The zero-order chi connectivity index (χ0) is 40.2. The number of benzene rings is 3. The molecule has 0 aliphatic carbocycles. The number of unbranched alkanes of at least 4 members (excludes halogenated alkanes) is 10. The van der Waals surface area contributed by atoms with Gasteiger partial charge in [0, 0.05) is 27.8 Å². The first kappa shape index (κ1) is 47.5. The first-order valence-electron chi connectivity index (χ1n) is 22.2. The molecule has 57 heavy (non-hydrogen) atoms. The fraction of sp³-hybridized carbons (Fsp3) is 0.633. The Kier molecular flexibility index (Phi) is 24.2. The van der Waals surface area contributed by atoms with Crippen LogP contribution in [0.1, 0.15) is 122 Å². The van der Waals surface area contributed by atoms with Crippen molar-refractivity contribution in [2.45, 2.75) is 153 Å². The molecular formula is C49H76O7P+. The van der Waals surface area contributed by atoms with Crippen LogP contribution in [0.3, 0.4) is 0 Å². The van der Waals surface area contributed by atoms with Gasteiger partial charge in [-0.25, -0.2) is 0 Å². The molecule has 1 fully saturated rings. The summed E-state index contributed by atoms with van der Waals surface area (Å²) < 4.78 is 42.0. The van der Waals surface area contributed by atoms with Crippen LogP contribution >= 0.6 is 7.26 Å². The van der Waals surface area contributed by atoms with E-state index in [9.17, 15) is 0 Å². The summed E-state index contributed by atoms with van der Waals surface area (Å²) in [4.78, 5) is 0. The smallest absolute Gasteiger partial charge is 0.146 e. The van der Waals surface area contributed by atoms with Crippen LogP contribution < -0.4 is 15.9 Å². The lowest BCUT2D eigenvalue weighted by atomic mass is 9.92. The van der Waals surface area contributed by atoms with Crippen molar-refractivity contribution in [1.29, 1.82) is 0 Å². The minimum atomic E-state index is -1.95. The number of ether oxygens (including phenoxy) is 7. The van der Waals surface area contributed by atoms with Crippen molar-refractivity contribution < 1.29 is 33.2 Å². The van der Waals surface area contributed by atoms with Gasteiger partial charge in [0.1, 0.15) is 43.6 Å². The van der Waals surface area contributed by atoms with E-state index in [0.717, 1.165) is 63.9 Å². The summed E-state index contributed by atoms with van der Waals surface area (Å²) in [6, 6.07) is 33.4. The van der Waals surface area contributed by atoms with E-state index in [2.05, 4.69) is 97.9 Å². The minimum Gasteiger partial charge on any atom is -0.370 e. The maximum Gasteiger partial charge on any atom is 0.146 e. The van der Waals surface area contributed by atoms with Gasteiger partial charge in [-0.3, -0.25) is 0 Å². The van der Waals surface area contributed by atoms with Crippen LogP contribution in [0, 0.1) is 0 Å². The van der Waals surface area contributed by atoms with Crippen molar-refractivity contribution in [2.75, 3.05) is 47.9 Å². The summed E-state index contributed by atoms with van der Waals surface area (Å²) in [7, 11) is 3.15. The average molecular weight is 808 g/mol. The van der Waals surface area contributed by atoms with E-state index in [0.29, 0.717) is 13.6 Å². The third kappa shape index (κ3) is 16.4. The normalized spacial score (nSPS) is 18.4. The molecule has 0 saturated carbocycles. The Morgan fingerprint density at radius 1 is 0.561 bits per heavy atom. The van der Waals surface area contributed by atoms with E-state index < -0.39 is 7.26 Å². The van der Waals surface area contributed by atoms with Gasteiger partial charge < -0.3 is 33.2 Å². The van der Waals surface area contributed by atoms with Crippen LogP contribution in [0.4, 0.5) is 0 Å². The lowest BCUT2D eigenvalue weighted by Gasteiger charge is -2.39. The second kappa shape index (κ2) is 29.1. The quantitative estimate of drug-likeness (QED) is 0.0354. The first-order valence-corrected chi connectivity index (χ1v) is 24.2. The van der Waals surface area contributed by atoms with Crippen LogP contribution in [0.2, 0.25) is 0 Å². The van der Waals surface area contributed by atoms with Crippen molar-refractivity contribution in [3.05, 3.63) is 91.0 Å². The molecule has 0 bridgehead atoms. The van der Waals surface area contributed by atoms with Crippen LogP contribution in [0.5, 0.6) is 0 Å². The van der Waals surface area contributed by atoms with Crippen LogP contribution in [-0.2, 0) is 33.2 Å². The first-order chi connectivity index (χ1) is 28.2. The van der Waals surface area contributed by atoms with Gasteiger partial charge in [-0.2, -0.15) is 0 Å². The van der Waals surface area contributed by atoms with Gasteiger partial charge in [0.05, 0.1) is 36.7 Å². The fourth-order valence-corrected chi connectivity index (χ4v) is 12.9. The van der Waals surface area contributed by atoms with Crippen molar-refractivity contribution in [3.8, 4) is 0 Å². The van der Waals surface area contributed by atoms with Crippen LogP contribution in [-0.4, -0.2) is 78.4 Å². The highest BCUT2D eigenvalue weighted by Gasteiger charge is 2.45. The van der Waals surface area contributed by atoms with E-state index in [1.54, 1.807) is 21.3 Å². The summed E-state index contributed by atoms with van der Waals surface area (Å²) >= 11 is 0. The SMILES string of the molecule is CCCCCCCCCCCC[C@H]1O[C@@H]([C@@H](CCCC[C@@H](CC[P+](c2ccccc2)(c2ccccc2)c2ccccc2)OCOC)OCOC)CC[C@H]1OCOC. The highest BCUT2D eigenvalue weighted by Crippen LogP contribution is 2.56. The average Bonchev–Trinajstić information content (AvgIpc) is 3.26. The zero-order valence-electron chi connectivity index (χ0n) is 35.9. The summed E-state index contributed by atoms with van der Waals surface area (Å²) in [5, 5.41) is 4.21. The summed E-state index contributed by atoms with van der Waals surface area (Å²) in [6.45, 7) is 3.14. The summed E-state index contributed by atoms with van der Waals surface area (Å²) in [6.07, 6.45) is 22.2.